The molecule has 0 bridgehead atoms. The Bertz CT molecular complexity index is 1100. The lowest BCUT2D eigenvalue weighted by Crippen LogP contribution is -2.23. The molecule has 0 spiro atoms. The van der Waals surface area contributed by atoms with Crippen molar-refractivity contribution in [3.63, 3.8) is 0 Å². The van der Waals surface area contributed by atoms with Gasteiger partial charge in [0, 0.05) is 12.2 Å². The Balaban J connectivity index is 1.55. The summed E-state index contributed by atoms with van der Waals surface area (Å²) in [5, 5.41) is 4.44. The van der Waals surface area contributed by atoms with Crippen molar-refractivity contribution in [2.24, 2.45) is 0 Å². The van der Waals surface area contributed by atoms with Crippen molar-refractivity contribution < 1.29 is 4.79 Å². The molecule has 3 aromatic rings. The standard InChI is InChI=1S/C18H14Cl2N4O2S/c19-10-7-13(20)16(21-8-10)23-15(25)9-27-18-22-14-4-2-1-3-12(14)17(26)24(18)11-5-6-11/h1-4,7-8,11H,5-6,9H2,(H,21,23,25). The first-order valence-electron chi connectivity index (χ1n) is 8.28. The number of carbonyl (C=O) groups excluding carboxylic acids is 1. The van der Waals surface area contributed by atoms with Crippen LogP contribution in [0.5, 0.6) is 0 Å². The molecule has 9 heteroatoms. The molecule has 4 rings (SSSR count). The highest BCUT2D eigenvalue weighted by Crippen LogP contribution is 2.36. The van der Waals surface area contributed by atoms with E-state index in [1.807, 2.05) is 12.1 Å². The maximum atomic E-state index is 12.8. The average molecular weight is 421 g/mol. The van der Waals surface area contributed by atoms with Crippen LogP contribution in [-0.4, -0.2) is 26.2 Å². The van der Waals surface area contributed by atoms with Gasteiger partial charge in [-0.25, -0.2) is 9.97 Å². The molecule has 0 saturated heterocycles. The third-order valence-corrected chi connectivity index (χ3v) is 5.53. The Labute approximate surface area is 168 Å². The highest BCUT2D eigenvalue weighted by atomic mass is 35.5. The topological polar surface area (TPSA) is 76.9 Å². The van der Waals surface area contributed by atoms with Crippen molar-refractivity contribution >= 4 is 57.6 Å². The van der Waals surface area contributed by atoms with Crippen LogP contribution in [-0.2, 0) is 4.79 Å². The van der Waals surface area contributed by atoms with Crippen LogP contribution in [0, 0.1) is 0 Å². The SMILES string of the molecule is O=C(CSc1nc2ccccc2c(=O)n1C1CC1)Nc1ncc(Cl)cc1Cl. The molecule has 27 heavy (non-hydrogen) atoms. The van der Waals surface area contributed by atoms with Crippen molar-refractivity contribution in [1.82, 2.24) is 14.5 Å². The molecule has 1 aliphatic rings. The van der Waals surface area contributed by atoms with E-state index in [0.717, 1.165) is 12.8 Å². The van der Waals surface area contributed by atoms with Gasteiger partial charge in [-0.05, 0) is 31.0 Å². The zero-order valence-electron chi connectivity index (χ0n) is 14.0. The molecule has 1 fully saturated rings. The van der Waals surface area contributed by atoms with Crippen molar-refractivity contribution in [3.05, 3.63) is 56.9 Å². The Morgan fingerprint density at radius 1 is 1.30 bits per heavy atom. The van der Waals surface area contributed by atoms with Gasteiger partial charge in [0.05, 0.1) is 26.7 Å². The van der Waals surface area contributed by atoms with E-state index < -0.39 is 0 Å². The number of nitrogens with one attached hydrogen (secondary N) is 1. The summed E-state index contributed by atoms with van der Waals surface area (Å²) in [5.74, 6) is 0.0391. The average Bonchev–Trinajstić information content (AvgIpc) is 3.47. The number of halogens is 2. The van der Waals surface area contributed by atoms with Gasteiger partial charge in [0.2, 0.25) is 5.91 Å². The number of aromatic nitrogens is 3. The summed E-state index contributed by atoms with van der Waals surface area (Å²) >= 11 is 13.1. The van der Waals surface area contributed by atoms with Gasteiger partial charge in [0.1, 0.15) is 0 Å². The molecule has 2 heterocycles. The first kappa shape index (κ1) is 18.3. The van der Waals surface area contributed by atoms with Crippen LogP contribution in [0.2, 0.25) is 10.0 Å². The number of hydrogen-bond acceptors (Lipinski definition) is 5. The van der Waals surface area contributed by atoms with Gasteiger partial charge in [-0.1, -0.05) is 47.1 Å². The van der Waals surface area contributed by atoms with Crippen molar-refractivity contribution in [3.8, 4) is 0 Å². The molecule has 0 unspecified atom stereocenters. The second-order valence-corrected chi connectivity index (χ2v) is 7.92. The van der Waals surface area contributed by atoms with Gasteiger partial charge in [-0.15, -0.1) is 0 Å². The van der Waals surface area contributed by atoms with Crippen LogP contribution >= 0.6 is 35.0 Å². The Morgan fingerprint density at radius 3 is 2.81 bits per heavy atom. The van der Waals surface area contributed by atoms with E-state index in [9.17, 15) is 9.59 Å². The molecule has 1 saturated carbocycles. The summed E-state index contributed by atoms with van der Waals surface area (Å²) in [5.41, 5.74) is 0.568. The molecule has 0 radical (unpaired) electrons. The number of carbonyl (C=O) groups is 1. The second-order valence-electron chi connectivity index (χ2n) is 6.14. The highest BCUT2D eigenvalue weighted by molar-refractivity contribution is 7.99. The summed E-state index contributed by atoms with van der Waals surface area (Å²) in [6, 6.07) is 8.91. The van der Waals surface area contributed by atoms with Crippen LogP contribution < -0.4 is 10.9 Å². The lowest BCUT2D eigenvalue weighted by molar-refractivity contribution is -0.113. The highest BCUT2D eigenvalue weighted by Gasteiger charge is 2.28. The molecule has 6 nitrogen and oxygen atoms in total. The van der Waals surface area contributed by atoms with Crippen molar-refractivity contribution in [2.75, 3.05) is 11.1 Å². The monoisotopic (exact) mass is 420 g/mol. The quantitative estimate of drug-likeness (QED) is 0.495. The second kappa shape index (κ2) is 7.50. The number of hydrogen-bond donors (Lipinski definition) is 1. The minimum Gasteiger partial charge on any atom is -0.309 e. The molecule has 1 amide bonds. The fraction of sp³-hybridized carbons (Fsp3) is 0.222. The normalized spacial score (nSPS) is 13.7. The number of amides is 1. The van der Waals surface area contributed by atoms with Gasteiger partial charge < -0.3 is 5.32 Å². The lowest BCUT2D eigenvalue weighted by Gasteiger charge is -2.12. The molecule has 1 aromatic carbocycles. The fourth-order valence-corrected chi connectivity index (χ4v) is 3.98. The van der Waals surface area contributed by atoms with Crippen molar-refractivity contribution in [1.29, 1.82) is 0 Å². The van der Waals surface area contributed by atoms with Gasteiger partial charge in [-0.2, -0.15) is 0 Å². The van der Waals surface area contributed by atoms with E-state index in [-0.39, 0.29) is 34.1 Å². The smallest absolute Gasteiger partial charge is 0.262 e. The zero-order valence-corrected chi connectivity index (χ0v) is 16.3. The van der Waals surface area contributed by atoms with E-state index in [1.54, 1.807) is 16.7 Å². The van der Waals surface area contributed by atoms with Crippen molar-refractivity contribution in [2.45, 2.75) is 24.0 Å². The van der Waals surface area contributed by atoms with Crippen LogP contribution in [0.1, 0.15) is 18.9 Å². The Hall–Kier alpha value is -2.09. The molecule has 1 N–H and O–H groups in total. The van der Waals surface area contributed by atoms with Gasteiger partial charge in [0.25, 0.3) is 5.56 Å². The number of rotatable bonds is 5. The molecule has 0 aliphatic heterocycles. The first-order valence-corrected chi connectivity index (χ1v) is 10.0. The predicted octanol–water partition coefficient (Wildman–Crippen LogP) is 4.16. The Morgan fingerprint density at radius 2 is 2.07 bits per heavy atom. The van der Waals surface area contributed by atoms with E-state index in [0.29, 0.717) is 21.1 Å². The zero-order chi connectivity index (χ0) is 19.0. The van der Waals surface area contributed by atoms with Gasteiger partial charge >= 0.3 is 0 Å². The molecule has 0 atom stereocenters. The number of benzene rings is 1. The third-order valence-electron chi connectivity index (χ3n) is 4.09. The minimum atomic E-state index is -0.290. The number of thioether (sulfide) groups is 1. The molecular weight excluding hydrogens is 407 g/mol. The van der Waals surface area contributed by atoms with E-state index in [4.69, 9.17) is 23.2 Å². The first-order chi connectivity index (χ1) is 13.0. The predicted molar refractivity (Wildman–Crippen MR) is 108 cm³/mol. The summed E-state index contributed by atoms with van der Waals surface area (Å²) in [7, 11) is 0. The van der Waals surface area contributed by atoms with E-state index >= 15 is 0 Å². The van der Waals surface area contributed by atoms with Crippen LogP contribution in [0.25, 0.3) is 10.9 Å². The Kier molecular flexibility index (Phi) is 5.08. The molecular formula is C18H14Cl2N4O2S. The van der Waals surface area contributed by atoms with Crippen LogP contribution in [0.4, 0.5) is 5.82 Å². The largest absolute Gasteiger partial charge is 0.309 e. The summed E-state index contributed by atoms with van der Waals surface area (Å²) in [4.78, 5) is 33.7. The molecule has 2 aromatic heterocycles. The third kappa shape index (κ3) is 3.95. The number of fused-ring (bicyclic) bond motifs is 1. The lowest BCUT2D eigenvalue weighted by atomic mass is 10.2. The number of anilines is 1. The van der Waals surface area contributed by atoms with Gasteiger partial charge in [0.15, 0.2) is 11.0 Å². The number of para-hydroxylation sites is 1. The number of pyridine rings is 1. The van der Waals surface area contributed by atoms with Gasteiger partial charge in [-0.3, -0.25) is 14.2 Å². The van der Waals surface area contributed by atoms with E-state index in [2.05, 4.69) is 15.3 Å². The summed E-state index contributed by atoms with van der Waals surface area (Å²) in [6.07, 6.45) is 3.31. The van der Waals surface area contributed by atoms with Crippen LogP contribution in [0.3, 0.4) is 0 Å². The summed E-state index contributed by atoms with van der Waals surface area (Å²) < 4.78 is 1.70. The number of nitrogens with zero attached hydrogens (tertiary/aromatic N) is 3. The summed E-state index contributed by atoms with van der Waals surface area (Å²) in [6.45, 7) is 0. The maximum absolute atomic E-state index is 12.8. The van der Waals surface area contributed by atoms with E-state index in [1.165, 1.54) is 24.0 Å². The minimum absolute atomic E-state index is 0.0616. The molecule has 138 valence electrons. The molecule has 1 aliphatic carbocycles. The van der Waals surface area contributed by atoms with Crippen LogP contribution in [0.15, 0.2) is 46.5 Å². The maximum Gasteiger partial charge on any atom is 0.262 e. The fourth-order valence-electron chi connectivity index (χ4n) is 2.69.